The van der Waals surface area contributed by atoms with Gasteiger partial charge in [0.25, 0.3) is 0 Å². The Bertz CT molecular complexity index is 363. The first kappa shape index (κ1) is 25.4. The van der Waals surface area contributed by atoms with E-state index in [2.05, 4.69) is 49.9 Å². The Labute approximate surface area is 178 Å². The summed E-state index contributed by atoms with van der Waals surface area (Å²) in [5, 5.41) is 0. The molecule has 28 heavy (non-hydrogen) atoms. The molecule has 0 spiro atoms. The van der Waals surface area contributed by atoms with Crippen LogP contribution >= 0.6 is 0 Å². The molecule has 0 N–H and O–H groups in total. The zero-order valence-corrected chi connectivity index (χ0v) is 19.9. The highest BCUT2D eigenvalue weighted by Gasteiger charge is 2.22. The summed E-state index contributed by atoms with van der Waals surface area (Å²) in [7, 11) is 0. The fourth-order valence-electron chi connectivity index (χ4n) is 4.47. The standard InChI is InChI=1S/C26H52N2/c1-5-6-7-8-9-10-11-12-13-14-15-16-17-18-19-20-21-22-27-23-24-28(25(2)3)26(27)4/h23-26H,5-22H2,1-4H3. The topological polar surface area (TPSA) is 6.48 Å². The summed E-state index contributed by atoms with van der Waals surface area (Å²) < 4.78 is 0. The van der Waals surface area contributed by atoms with Gasteiger partial charge in [-0.1, -0.05) is 110 Å². The van der Waals surface area contributed by atoms with Gasteiger partial charge in [-0.15, -0.1) is 0 Å². The van der Waals surface area contributed by atoms with Crippen molar-refractivity contribution in [3.63, 3.8) is 0 Å². The lowest BCUT2D eigenvalue weighted by atomic mass is 10.0. The predicted molar refractivity (Wildman–Crippen MR) is 126 cm³/mol. The van der Waals surface area contributed by atoms with Gasteiger partial charge in [0.1, 0.15) is 0 Å². The summed E-state index contributed by atoms with van der Waals surface area (Å²) in [6.07, 6.45) is 29.7. The van der Waals surface area contributed by atoms with Crippen molar-refractivity contribution in [2.24, 2.45) is 0 Å². The van der Waals surface area contributed by atoms with Crippen molar-refractivity contribution in [3.8, 4) is 0 Å². The second-order valence-electron chi connectivity index (χ2n) is 9.37. The van der Waals surface area contributed by atoms with Crippen LogP contribution in [0.4, 0.5) is 0 Å². The molecule has 1 unspecified atom stereocenters. The van der Waals surface area contributed by atoms with Crippen LogP contribution in [-0.4, -0.2) is 28.6 Å². The first-order valence-corrected chi connectivity index (χ1v) is 12.9. The minimum absolute atomic E-state index is 0.543. The van der Waals surface area contributed by atoms with E-state index in [1.807, 2.05) is 0 Å². The number of hydrogen-bond donors (Lipinski definition) is 0. The zero-order chi connectivity index (χ0) is 20.5. The summed E-state index contributed by atoms with van der Waals surface area (Å²) in [4.78, 5) is 4.96. The van der Waals surface area contributed by atoms with Crippen LogP contribution in [0.25, 0.3) is 0 Å². The Morgan fingerprint density at radius 3 is 1.36 bits per heavy atom. The van der Waals surface area contributed by atoms with Crippen molar-refractivity contribution < 1.29 is 0 Å². The SMILES string of the molecule is CCCCCCCCCCCCCCCCCCCN1C=CN(C(C)C)C1C. The van der Waals surface area contributed by atoms with E-state index in [0.717, 1.165) is 0 Å². The highest BCUT2D eigenvalue weighted by molar-refractivity contribution is 4.96. The van der Waals surface area contributed by atoms with Crippen LogP contribution < -0.4 is 0 Å². The Hall–Kier alpha value is -0.660. The average molecular weight is 393 g/mol. The lowest BCUT2D eigenvalue weighted by Crippen LogP contribution is -2.39. The van der Waals surface area contributed by atoms with E-state index in [-0.39, 0.29) is 0 Å². The molecule has 0 bridgehead atoms. The van der Waals surface area contributed by atoms with Crippen LogP contribution in [0.3, 0.4) is 0 Å². The maximum absolute atomic E-state index is 2.51. The van der Waals surface area contributed by atoms with Crippen molar-refractivity contribution in [2.75, 3.05) is 6.54 Å². The van der Waals surface area contributed by atoms with Crippen molar-refractivity contribution in [2.45, 2.75) is 149 Å². The molecule has 0 aromatic heterocycles. The maximum atomic E-state index is 2.51. The molecule has 0 aliphatic carbocycles. The van der Waals surface area contributed by atoms with Gasteiger partial charge in [0.15, 0.2) is 0 Å². The van der Waals surface area contributed by atoms with E-state index in [1.165, 1.54) is 116 Å². The molecule has 1 heterocycles. The van der Waals surface area contributed by atoms with Gasteiger partial charge >= 0.3 is 0 Å². The molecular formula is C26H52N2. The van der Waals surface area contributed by atoms with Crippen LogP contribution in [0.1, 0.15) is 137 Å². The predicted octanol–water partition coefficient (Wildman–Crippen LogP) is 8.48. The third-order valence-electron chi connectivity index (χ3n) is 6.46. The molecule has 2 heteroatoms. The second-order valence-corrected chi connectivity index (χ2v) is 9.37. The normalized spacial score (nSPS) is 16.7. The molecule has 1 rings (SSSR count). The molecule has 0 fully saturated rings. The van der Waals surface area contributed by atoms with Gasteiger partial charge in [0.05, 0.1) is 6.17 Å². The van der Waals surface area contributed by atoms with Crippen molar-refractivity contribution in [1.82, 2.24) is 9.80 Å². The van der Waals surface area contributed by atoms with Crippen molar-refractivity contribution in [1.29, 1.82) is 0 Å². The molecule has 0 aromatic carbocycles. The maximum Gasteiger partial charge on any atom is 0.0980 e. The molecule has 1 atom stereocenters. The Kier molecular flexibility index (Phi) is 15.6. The Morgan fingerprint density at radius 2 is 1.00 bits per heavy atom. The molecular weight excluding hydrogens is 340 g/mol. The van der Waals surface area contributed by atoms with E-state index in [4.69, 9.17) is 0 Å². The van der Waals surface area contributed by atoms with Crippen LogP contribution in [0.15, 0.2) is 12.4 Å². The smallest absolute Gasteiger partial charge is 0.0980 e. The van der Waals surface area contributed by atoms with Crippen LogP contribution in [0.2, 0.25) is 0 Å². The van der Waals surface area contributed by atoms with Gasteiger partial charge < -0.3 is 9.80 Å². The summed E-state index contributed by atoms with van der Waals surface area (Å²) in [6.45, 7) is 10.4. The van der Waals surface area contributed by atoms with Gasteiger partial charge in [-0.2, -0.15) is 0 Å². The summed E-state index contributed by atoms with van der Waals surface area (Å²) in [5.41, 5.74) is 0. The summed E-state index contributed by atoms with van der Waals surface area (Å²) >= 11 is 0. The van der Waals surface area contributed by atoms with Gasteiger partial charge in [-0.3, -0.25) is 0 Å². The Morgan fingerprint density at radius 1 is 0.607 bits per heavy atom. The van der Waals surface area contributed by atoms with Crippen molar-refractivity contribution >= 4 is 0 Å². The molecule has 0 radical (unpaired) electrons. The third-order valence-corrected chi connectivity index (χ3v) is 6.46. The lowest BCUT2D eigenvalue weighted by molar-refractivity contribution is 0.141. The number of rotatable bonds is 19. The summed E-state index contributed by atoms with van der Waals surface area (Å²) in [6, 6.07) is 0.604. The third kappa shape index (κ3) is 12.0. The Balaban J connectivity index is 1.76. The first-order valence-electron chi connectivity index (χ1n) is 12.9. The number of hydrogen-bond acceptors (Lipinski definition) is 2. The average Bonchev–Trinajstić information content (AvgIpc) is 3.05. The minimum atomic E-state index is 0.543. The lowest BCUT2D eigenvalue weighted by Gasteiger charge is -2.32. The van der Waals surface area contributed by atoms with E-state index < -0.39 is 0 Å². The second kappa shape index (κ2) is 17.2. The number of unbranched alkanes of at least 4 members (excludes halogenated alkanes) is 16. The van der Waals surface area contributed by atoms with Crippen molar-refractivity contribution in [3.05, 3.63) is 12.4 Å². The summed E-state index contributed by atoms with van der Waals surface area (Å²) in [5.74, 6) is 0. The van der Waals surface area contributed by atoms with E-state index in [9.17, 15) is 0 Å². The molecule has 1 aliphatic heterocycles. The van der Waals surface area contributed by atoms with Crippen LogP contribution in [0.5, 0.6) is 0 Å². The quantitative estimate of drug-likeness (QED) is 0.203. The molecule has 1 aliphatic rings. The fraction of sp³-hybridized carbons (Fsp3) is 0.923. The molecule has 0 saturated heterocycles. The van der Waals surface area contributed by atoms with Crippen LogP contribution in [0, 0.1) is 0 Å². The monoisotopic (exact) mass is 392 g/mol. The minimum Gasteiger partial charge on any atom is -0.356 e. The van der Waals surface area contributed by atoms with E-state index in [1.54, 1.807) is 0 Å². The fourth-order valence-corrected chi connectivity index (χ4v) is 4.47. The van der Waals surface area contributed by atoms with E-state index >= 15 is 0 Å². The molecule has 0 amide bonds. The highest BCUT2D eigenvalue weighted by atomic mass is 15.4. The first-order chi connectivity index (χ1) is 13.7. The largest absolute Gasteiger partial charge is 0.356 e. The molecule has 2 nitrogen and oxygen atoms in total. The van der Waals surface area contributed by atoms with Gasteiger partial charge in [-0.05, 0) is 27.2 Å². The highest BCUT2D eigenvalue weighted by Crippen LogP contribution is 2.19. The van der Waals surface area contributed by atoms with Crippen LogP contribution in [-0.2, 0) is 0 Å². The van der Waals surface area contributed by atoms with E-state index in [0.29, 0.717) is 12.2 Å². The molecule has 0 aromatic rings. The zero-order valence-electron chi connectivity index (χ0n) is 19.9. The van der Waals surface area contributed by atoms with Gasteiger partial charge in [0.2, 0.25) is 0 Å². The van der Waals surface area contributed by atoms with Gasteiger partial charge in [0, 0.05) is 25.0 Å². The molecule has 0 saturated carbocycles. The number of nitrogens with zero attached hydrogens (tertiary/aromatic N) is 2. The van der Waals surface area contributed by atoms with Gasteiger partial charge in [-0.25, -0.2) is 0 Å². The molecule has 166 valence electrons.